The monoisotopic (exact) mass is 378 g/mol. The van der Waals surface area contributed by atoms with Crippen LogP contribution < -0.4 is 11.1 Å². The highest BCUT2D eigenvalue weighted by atomic mass is 28.3. The number of amides is 1. The average Bonchev–Trinajstić information content (AvgIpc) is 2.93. The number of benzene rings is 1. The molecule has 0 atom stereocenters. The van der Waals surface area contributed by atoms with Crippen molar-refractivity contribution in [1.29, 1.82) is 0 Å². The predicted molar refractivity (Wildman–Crippen MR) is 106 cm³/mol. The first-order valence-electron chi connectivity index (χ1n) is 9.03. The molecule has 1 aromatic heterocycles. The van der Waals surface area contributed by atoms with Crippen molar-refractivity contribution >= 4 is 25.2 Å². The minimum absolute atomic E-state index is 0.353. The molecule has 2 aromatic rings. The lowest BCUT2D eigenvalue weighted by atomic mass is 10.1. The van der Waals surface area contributed by atoms with Gasteiger partial charge in [0.1, 0.15) is 12.6 Å². The van der Waals surface area contributed by atoms with Crippen LogP contribution in [0.25, 0.3) is 11.0 Å². The number of nitrogens with one attached hydrogen (secondary N) is 1. The maximum atomic E-state index is 10.6. The van der Waals surface area contributed by atoms with Gasteiger partial charge in [-0.1, -0.05) is 31.8 Å². The van der Waals surface area contributed by atoms with E-state index in [9.17, 15) is 4.79 Å². The third-order valence-electron chi connectivity index (χ3n) is 4.23. The number of hydrogen-bond acceptors (Lipinski definition) is 4. The molecule has 7 nitrogen and oxygen atoms in total. The third-order valence-corrected chi connectivity index (χ3v) is 5.93. The predicted octanol–water partition coefficient (Wildman–Crippen LogP) is 3.01. The van der Waals surface area contributed by atoms with Gasteiger partial charge in [-0.25, -0.2) is 9.78 Å². The zero-order valence-corrected chi connectivity index (χ0v) is 16.9. The molecule has 0 aliphatic carbocycles. The molecule has 0 saturated carbocycles. The molecule has 0 spiro atoms. The number of carboxylic acid groups (broad SMARTS) is 1. The molecule has 1 heterocycles. The van der Waals surface area contributed by atoms with Crippen LogP contribution in [0.4, 0.5) is 4.79 Å². The van der Waals surface area contributed by atoms with Crippen LogP contribution >= 0.6 is 0 Å². The van der Waals surface area contributed by atoms with Gasteiger partial charge >= 0.3 is 6.09 Å². The van der Waals surface area contributed by atoms with E-state index in [-0.39, 0.29) is 0 Å². The Balaban J connectivity index is 2.14. The second-order valence-electron chi connectivity index (χ2n) is 7.63. The summed E-state index contributed by atoms with van der Waals surface area (Å²) in [6, 6.07) is 7.13. The van der Waals surface area contributed by atoms with Crippen molar-refractivity contribution in [3.8, 4) is 0 Å². The van der Waals surface area contributed by atoms with Gasteiger partial charge in [-0.15, -0.1) is 0 Å². The van der Waals surface area contributed by atoms with Gasteiger partial charge < -0.3 is 25.5 Å². The van der Waals surface area contributed by atoms with E-state index in [4.69, 9.17) is 15.6 Å². The van der Waals surface area contributed by atoms with Gasteiger partial charge in [-0.05, 0) is 30.5 Å². The fourth-order valence-corrected chi connectivity index (χ4v) is 3.57. The largest absolute Gasteiger partial charge is 0.465 e. The lowest BCUT2D eigenvalue weighted by Gasteiger charge is -2.17. The highest BCUT2D eigenvalue weighted by molar-refractivity contribution is 6.76. The fourth-order valence-electron chi connectivity index (χ4n) is 2.81. The normalized spacial score (nSPS) is 11.8. The van der Waals surface area contributed by atoms with Gasteiger partial charge in [-0.3, -0.25) is 0 Å². The number of fused-ring (bicyclic) bond motifs is 1. The average molecular weight is 379 g/mol. The second-order valence-corrected chi connectivity index (χ2v) is 13.2. The van der Waals surface area contributed by atoms with Crippen LogP contribution in [0, 0.1) is 0 Å². The Morgan fingerprint density at radius 3 is 2.81 bits per heavy atom. The summed E-state index contributed by atoms with van der Waals surface area (Å²) in [5, 5.41) is 11.1. The van der Waals surface area contributed by atoms with E-state index in [2.05, 4.69) is 40.6 Å². The molecule has 0 radical (unpaired) electrons. The van der Waals surface area contributed by atoms with E-state index >= 15 is 0 Å². The van der Waals surface area contributed by atoms with E-state index in [1.165, 1.54) is 0 Å². The van der Waals surface area contributed by atoms with Gasteiger partial charge in [0.05, 0.1) is 17.6 Å². The number of hydrogen-bond donors (Lipinski definition) is 3. The van der Waals surface area contributed by atoms with Gasteiger partial charge in [-0.2, -0.15) is 0 Å². The first kappa shape index (κ1) is 20.4. The molecule has 0 aliphatic heterocycles. The van der Waals surface area contributed by atoms with Crippen molar-refractivity contribution in [2.24, 2.45) is 5.73 Å². The van der Waals surface area contributed by atoms with Gasteiger partial charge in [0.2, 0.25) is 0 Å². The lowest BCUT2D eigenvalue weighted by molar-refractivity contribution is 0.0878. The summed E-state index contributed by atoms with van der Waals surface area (Å²) >= 11 is 0. The highest BCUT2D eigenvalue weighted by Gasteiger charge is 2.15. The number of nitrogens with zero attached hydrogens (tertiary/aromatic N) is 2. The number of aromatic nitrogens is 2. The summed E-state index contributed by atoms with van der Waals surface area (Å²) in [6.07, 6.45) is 0.502. The van der Waals surface area contributed by atoms with Crippen LogP contribution in [0.2, 0.25) is 25.7 Å². The van der Waals surface area contributed by atoms with Crippen molar-refractivity contribution in [1.82, 2.24) is 14.9 Å². The minimum atomic E-state index is -1.13. The van der Waals surface area contributed by atoms with Crippen LogP contribution in [0.1, 0.15) is 17.8 Å². The SMILES string of the molecule is C[Si](C)(C)CCOCn1c(CN)nc2cccc(CCCNC(=O)O)c21. The Morgan fingerprint density at radius 1 is 1.38 bits per heavy atom. The summed E-state index contributed by atoms with van der Waals surface area (Å²) in [6.45, 7) is 8.96. The van der Waals surface area contributed by atoms with Crippen molar-refractivity contribution in [3.05, 3.63) is 29.6 Å². The van der Waals surface area contributed by atoms with E-state index < -0.39 is 14.2 Å². The molecule has 1 aromatic carbocycles. The van der Waals surface area contributed by atoms with Gasteiger partial charge in [0.25, 0.3) is 0 Å². The first-order chi connectivity index (χ1) is 12.3. The quantitative estimate of drug-likeness (QED) is 0.436. The Labute approximate surface area is 155 Å². The molecule has 0 fully saturated rings. The molecule has 4 N–H and O–H groups in total. The smallest absolute Gasteiger partial charge is 0.404 e. The number of para-hydroxylation sites is 1. The van der Waals surface area contributed by atoms with Gasteiger partial charge in [0, 0.05) is 21.2 Å². The molecule has 0 saturated heterocycles. The molecule has 144 valence electrons. The Bertz CT molecular complexity index is 740. The van der Waals surface area contributed by atoms with Crippen LogP contribution in [-0.2, 0) is 24.4 Å². The van der Waals surface area contributed by atoms with E-state index in [0.717, 1.165) is 47.9 Å². The number of nitrogens with two attached hydrogens (primary N) is 1. The summed E-state index contributed by atoms with van der Waals surface area (Å²) in [7, 11) is -1.13. The van der Waals surface area contributed by atoms with E-state index in [0.29, 0.717) is 19.8 Å². The Kier molecular flexibility index (Phi) is 7.19. The third kappa shape index (κ3) is 5.82. The lowest BCUT2D eigenvalue weighted by Crippen LogP contribution is -2.22. The summed E-state index contributed by atoms with van der Waals surface area (Å²) in [4.78, 5) is 15.2. The maximum Gasteiger partial charge on any atom is 0.404 e. The van der Waals surface area contributed by atoms with Crippen molar-refractivity contribution < 1.29 is 14.6 Å². The van der Waals surface area contributed by atoms with Crippen LogP contribution in [0.15, 0.2) is 18.2 Å². The minimum Gasteiger partial charge on any atom is -0.465 e. The summed E-state index contributed by atoms with van der Waals surface area (Å²) < 4.78 is 7.98. The zero-order valence-electron chi connectivity index (χ0n) is 15.9. The highest BCUT2D eigenvalue weighted by Crippen LogP contribution is 2.22. The molecule has 0 bridgehead atoms. The fraction of sp³-hybridized carbons (Fsp3) is 0.556. The molecule has 1 amide bonds. The molecule has 2 rings (SSSR count). The van der Waals surface area contributed by atoms with E-state index in [1.54, 1.807) is 0 Å². The summed E-state index contributed by atoms with van der Waals surface area (Å²) in [5.74, 6) is 0.809. The van der Waals surface area contributed by atoms with E-state index in [1.807, 2.05) is 12.1 Å². The molecule has 0 unspecified atom stereocenters. The molecular weight excluding hydrogens is 348 g/mol. The van der Waals surface area contributed by atoms with Gasteiger partial charge in [0.15, 0.2) is 0 Å². The molecule has 26 heavy (non-hydrogen) atoms. The van der Waals surface area contributed by atoms with Crippen LogP contribution in [0.3, 0.4) is 0 Å². The molecule has 0 aliphatic rings. The zero-order chi connectivity index (χ0) is 19.2. The number of carbonyl (C=O) groups is 1. The number of aryl methyl sites for hydroxylation is 1. The number of imidazole rings is 1. The van der Waals surface area contributed by atoms with Crippen molar-refractivity contribution in [2.75, 3.05) is 13.2 Å². The van der Waals surface area contributed by atoms with Crippen LogP contribution in [0.5, 0.6) is 0 Å². The summed E-state index contributed by atoms with van der Waals surface area (Å²) in [5.41, 5.74) is 8.96. The molecular formula is C18H30N4O3Si. The van der Waals surface area contributed by atoms with Crippen molar-refractivity contribution in [2.45, 2.75) is 51.8 Å². The van der Waals surface area contributed by atoms with Crippen molar-refractivity contribution in [3.63, 3.8) is 0 Å². The molecule has 8 heteroatoms. The number of ether oxygens (including phenoxy) is 1. The Morgan fingerprint density at radius 2 is 2.15 bits per heavy atom. The maximum absolute atomic E-state index is 10.6. The second kappa shape index (κ2) is 9.16. The topological polar surface area (TPSA) is 102 Å². The number of rotatable bonds is 10. The Hall–Kier alpha value is -1.90. The first-order valence-corrected chi connectivity index (χ1v) is 12.7. The standard InChI is InChI=1S/C18H30N4O3Si/c1-26(2,3)11-10-25-13-22-16(12-19)21-15-8-4-6-14(17(15)22)7-5-9-20-18(23)24/h4,6,8,20H,5,7,9-13,19H2,1-3H3,(H,23,24). The van der Waals surface area contributed by atoms with Crippen LogP contribution in [-0.4, -0.2) is 42.0 Å².